The van der Waals surface area contributed by atoms with E-state index >= 15 is 0 Å². The Morgan fingerprint density at radius 3 is 2.41 bits per heavy atom. The molecule has 0 bridgehead atoms. The highest BCUT2D eigenvalue weighted by molar-refractivity contribution is 6.39. The minimum atomic E-state index is -0.783. The number of urea groups is 1. The zero-order valence-electron chi connectivity index (χ0n) is 15.1. The second-order valence-corrected chi connectivity index (χ2v) is 5.85. The molecule has 0 radical (unpaired) electrons. The van der Waals surface area contributed by atoms with Crippen molar-refractivity contribution in [3.63, 3.8) is 0 Å². The number of amides is 4. The maximum absolute atomic E-state index is 13.0. The molecule has 1 heterocycles. The standard InChI is InChI=1S/C20H18N2O5/c1-12-6-4-5-7-16(12)22-19(24)15(18(23)21-20(22)25)11-13-10-14(26-2)8-9-17(13)27-3/h4-11H,1-3H3,(H,21,23,25)/b15-11+. The van der Waals surface area contributed by atoms with E-state index < -0.39 is 17.8 Å². The number of ether oxygens (including phenoxy) is 2. The maximum atomic E-state index is 13.0. The first-order chi connectivity index (χ1) is 13.0. The zero-order chi connectivity index (χ0) is 19.6. The van der Waals surface area contributed by atoms with E-state index in [9.17, 15) is 14.4 Å². The largest absolute Gasteiger partial charge is 0.497 e. The third-order valence-corrected chi connectivity index (χ3v) is 4.19. The summed E-state index contributed by atoms with van der Waals surface area (Å²) >= 11 is 0. The van der Waals surface area contributed by atoms with E-state index in [1.165, 1.54) is 20.3 Å². The molecule has 0 spiro atoms. The lowest BCUT2D eigenvalue weighted by molar-refractivity contribution is -0.122. The summed E-state index contributed by atoms with van der Waals surface area (Å²) in [6.45, 7) is 1.78. The van der Waals surface area contributed by atoms with Crippen LogP contribution in [-0.4, -0.2) is 32.1 Å². The number of aryl methyl sites for hydroxylation is 1. The molecule has 27 heavy (non-hydrogen) atoms. The summed E-state index contributed by atoms with van der Waals surface area (Å²) in [6.07, 6.45) is 1.39. The van der Waals surface area contributed by atoms with Gasteiger partial charge in [0.2, 0.25) is 0 Å². The average molecular weight is 366 g/mol. The molecule has 2 aromatic rings. The van der Waals surface area contributed by atoms with Gasteiger partial charge in [0.15, 0.2) is 0 Å². The molecule has 1 saturated heterocycles. The number of para-hydroxylation sites is 1. The fraction of sp³-hybridized carbons (Fsp3) is 0.150. The van der Waals surface area contributed by atoms with E-state index in [2.05, 4.69) is 5.32 Å². The molecule has 2 aromatic carbocycles. The Morgan fingerprint density at radius 2 is 1.74 bits per heavy atom. The molecule has 1 fully saturated rings. The number of nitrogens with zero attached hydrogens (tertiary/aromatic N) is 1. The molecule has 0 aliphatic carbocycles. The lowest BCUT2D eigenvalue weighted by Gasteiger charge is -2.27. The highest BCUT2D eigenvalue weighted by Crippen LogP contribution is 2.29. The molecule has 1 aliphatic rings. The Morgan fingerprint density at radius 1 is 1.00 bits per heavy atom. The summed E-state index contributed by atoms with van der Waals surface area (Å²) in [5, 5.41) is 2.21. The monoisotopic (exact) mass is 366 g/mol. The van der Waals surface area contributed by atoms with Crippen molar-refractivity contribution in [3.8, 4) is 11.5 Å². The van der Waals surface area contributed by atoms with Crippen molar-refractivity contribution in [3.05, 3.63) is 59.2 Å². The molecular weight excluding hydrogens is 348 g/mol. The van der Waals surface area contributed by atoms with Gasteiger partial charge in [0, 0.05) is 5.56 Å². The summed E-state index contributed by atoms with van der Waals surface area (Å²) in [4.78, 5) is 38.5. The SMILES string of the molecule is COc1ccc(OC)c(/C=C2\C(=O)NC(=O)N(c3ccccc3C)C2=O)c1. The minimum absolute atomic E-state index is 0.176. The topological polar surface area (TPSA) is 84.9 Å². The second kappa shape index (κ2) is 7.33. The van der Waals surface area contributed by atoms with Gasteiger partial charge in [0.1, 0.15) is 17.1 Å². The number of hydrogen-bond acceptors (Lipinski definition) is 5. The number of anilines is 1. The van der Waals surface area contributed by atoms with Gasteiger partial charge in [-0.3, -0.25) is 14.9 Å². The van der Waals surface area contributed by atoms with Crippen LogP contribution in [-0.2, 0) is 9.59 Å². The Kier molecular flexibility index (Phi) is 4.94. The Labute approximate surface area is 156 Å². The lowest BCUT2D eigenvalue weighted by atomic mass is 10.0. The Balaban J connectivity index is 2.09. The van der Waals surface area contributed by atoms with Gasteiger partial charge < -0.3 is 9.47 Å². The molecule has 0 aromatic heterocycles. The van der Waals surface area contributed by atoms with Crippen LogP contribution in [0.15, 0.2) is 48.0 Å². The highest BCUT2D eigenvalue weighted by Gasteiger charge is 2.37. The summed E-state index contributed by atoms with van der Waals surface area (Å²) in [6, 6.07) is 11.2. The van der Waals surface area contributed by atoms with Crippen LogP contribution < -0.4 is 19.7 Å². The number of imide groups is 2. The number of carbonyl (C=O) groups excluding carboxylic acids is 3. The highest BCUT2D eigenvalue weighted by atomic mass is 16.5. The first-order valence-electron chi connectivity index (χ1n) is 8.15. The van der Waals surface area contributed by atoms with Crippen LogP contribution in [0, 0.1) is 6.92 Å². The van der Waals surface area contributed by atoms with Gasteiger partial charge in [0.25, 0.3) is 11.8 Å². The van der Waals surface area contributed by atoms with Crippen LogP contribution in [0.2, 0.25) is 0 Å². The number of carbonyl (C=O) groups is 3. The predicted molar refractivity (Wildman–Crippen MR) is 99.7 cm³/mol. The summed E-state index contributed by atoms with van der Waals surface area (Å²) in [5.74, 6) is -0.468. The molecule has 3 rings (SSSR count). The predicted octanol–water partition coefficient (Wildman–Crippen LogP) is 2.68. The summed E-state index contributed by atoms with van der Waals surface area (Å²) < 4.78 is 10.5. The first kappa shape index (κ1) is 18.2. The van der Waals surface area contributed by atoms with Crippen molar-refractivity contribution >= 4 is 29.6 Å². The molecule has 138 valence electrons. The molecule has 1 N–H and O–H groups in total. The van der Waals surface area contributed by atoms with Crippen molar-refractivity contribution < 1.29 is 23.9 Å². The molecule has 0 unspecified atom stereocenters. The molecule has 7 heteroatoms. The van der Waals surface area contributed by atoms with E-state index in [-0.39, 0.29) is 5.57 Å². The Hall–Kier alpha value is -3.61. The molecule has 0 atom stereocenters. The number of barbiturate groups is 1. The maximum Gasteiger partial charge on any atom is 0.335 e. The van der Waals surface area contributed by atoms with Gasteiger partial charge in [-0.25, -0.2) is 9.69 Å². The minimum Gasteiger partial charge on any atom is -0.497 e. The van der Waals surface area contributed by atoms with E-state index in [0.717, 1.165) is 10.5 Å². The molecule has 4 amide bonds. The second-order valence-electron chi connectivity index (χ2n) is 5.85. The van der Waals surface area contributed by atoms with Gasteiger partial charge in [-0.1, -0.05) is 18.2 Å². The van der Waals surface area contributed by atoms with Crippen LogP contribution in [0.1, 0.15) is 11.1 Å². The van der Waals surface area contributed by atoms with Gasteiger partial charge in [-0.15, -0.1) is 0 Å². The quantitative estimate of drug-likeness (QED) is 0.664. The van der Waals surface area contributed by atoms with Gasteiger partial charge in [0.05, 0.1) is 19.9 Å². The number of benzene rings is 2. The van der Waals surface area contributed by atoms with Crippen molar-refractivity contribution in [1.82, 2.24) is 5.32 Å². The van der Waals surface area contributed by atoms with Crippen LogP contribution in [0.4, 0.5) is 10.5 Å². The van der Waals surface area contributed by atoms with Crippen molar-refractivity contribution in [2.45, 2.75) is 6.92 Å². The van der Waals surface area contributed by atoms with E-state index in [0.29, 0.717) is 22.7 Å². The summed E-state index contributed by atoms with van der Waals surface area (Å²) in [5.41, 5.74) is 1.45. The molecule has 0 saturated carbocycles. The van der Waals surface area contributed by atoms with Crippen molar-refractivity contribution in [1.29, 1.82) is 0 Å². The molecule has 1 aliphatic heterocycles. The Bertz CT molecular complexity index is 965. The first-order valence-corrected chi connectivity index (χ1v) is 8.15. The van der Waals surface area contributed by atoms with Crippen LogP contribution in [0.5, 0.6) is 11.5 Å². The fourth-order valence-corrected chi connectivity index (χ4v) is 2.80. The fourth-order valence-electron chi connectivity index (χ4n) is 2.80. The van der Waals surface area contributed by atoms with E-state index in [4.69, 9.17) is 9.47 Å². The normalized spacial score (nSPS) is 15.7. The number of rotatable bonds is 4. The van der Waals surface area contributed by atoms with E-state index in [1.807, 2.05) is 0 Å². The third-order valence-electron chi connectivity index (χ3n) is 4.19. The zero-order valence-corrected chi connectivity index (χ0v) is 15.1. The van der Waals surface area contributed by atoms with Gasteiger partial charge in [-0.05, 0) is 42.8 Å². The van der Waals surface area contributed by atoms with Crippen molar-refractivity contribution in [2.75, 3.05) is 19.1 Å². The van der Waals surface area contributed by atoms with Gasteiger partial charge >= 0.3 is 6.03 Å². The number of nitrogens with one attached hydrogen (secondary N) is 1. The molecular formula is C20H18N2O5. The van der Waals surface area contributed by atoms with Crippen LogP contribution in [0.25, 0.3) is 6.08 Å². The number of methoxy groups -OCH3 is 2. The van der Waals surface area contributed by atoms with Crippen LogP contribution >= 0.6 is 0 Å². The van der Waals surface area contributed by atoms with E-state index in [1.54, 1.807) is 49.4 Å². The third kappa shape index (κ3) is 3.39. The number of hydrogen-bond donors (Lipinski definition) is 1. The average Bonchev–Trinajstić information content (AvgIpc) is 2.66. The van der Waals surface area contributed by atoms with Crippen LogP contribution in [0.3, 0.4) is 0 Å². The molecule has 7 nitrogen and oxygen atoms in total. The lowest BCUT2D eigenvalue weighted by Crippen LogP contribution is -2.54. The van der Waals surface area contributed by atoms with Gasteiger partial charge in [-0.2, -0.15) is 0 Å². The summed E-state index contributed by atoms with van der Waals surface area (Å²) in [7, 11) is 2.99. The smallest absolute Gasteiger partial charge is 0.335 e. The van der Waals surface area contributed by atoms with Crippen molar-refractivity contribution in [2.24, 2.45) is 0 Å².